The Morgan fingerprint density at radius 1 is 0.265 bits per heavy atom. The Morgan fingerprint density at radius 3 is 0.926 bits per heavy atom. The number of unbranched alkanes of at least 4 members (excludes halogenated alkanes) is 6. The molecule has 0 spiro atoms. The number of anilines is 6. The molecular weight excluding hydrogens is 821 g/mol. The maximum absolute atomic E-state index is 2.48. The van der Waals surface area contributed by atoms with E-state index < -0.39 is 0 Å². The van der Waals surface area contributed by atoms with Gasteiger partial charge in [0, 0.05) is 33.5 Å². The molecule has 0 bridgehead atoms. The summed E-state index contributed by atoms with van der Waals surface area (Å²) in [6, 6.07) is 81.3. The number of fused-ring (bicyclic) bond motifs is 5. The normalized spacial score (nSPS) is 11.4. The molecule has 10 rings (SSSR count). The van der Waals surface area contributed by atoms with Gasteiger partial charge in [0.1, 0.15) is 0 Å². The zero-order valence-electron chi connectivity index (χ0n) is 39.8. The van der Waals surface area contributed by atoms with Gasteiger partial charge in [-0.2, -0.15) is 0 Å². The van der Waals surface area contributed by atoms with Crippen LogP contribution in [0.5, 0.6) is 0 Å². The molecule has 0 N–H and O–H groups in total. The van der Waals surface area contributed by atoms with Crippen LogP contribution in [0.15, 0.2) is 218 Å². The smallest absolute Gasteiger partial charge is 0.0546 e. The fourth-order valence-corrected chi connectivity index (χ4v) is 10.1. The van der Waals surface area contributed by atoms with Gasteiger partial charge in [-0.3, -0.25) is 0 Å². The first-order valence-corrected chi connectivity index (χ1v) is 25.1. The fraction of sp³-hybridized carbons (Fsp3) is 0.182. The molecule has 68 heavy (non-hydrogen) atoms. The van der Waals surface area contributed by atoms with Gasteiger partial charge in [0.05, 0.1) is 11.4 Å². The van der Waals surface area contributed by atoms with Crippen molar-refractivity contribution in [2.45, 2.75) is 78.1 Å². The summed E-state index contributed by atoms with van der Waals surface area (Å²) in [5.74, 6) is 0. The first-order valence-electron chi connectivity index (χ1n) is 25.1. The number of hydrogen-bond acceptors (Lipinski definition) is 2. The molecule has 0 heterocycles. The maximum atomic E-state index is 2.48. The highest BCUT2D eigenvalue weighted by Gasteiger charge is 2.22. The van der Waals surface area contributed by atoms with Crippen molar-refractivity contribution in [3.8, 4) is 22.3 Å². The second-order valence-electron chi connectivity index (χ2n) is 18.4. The molecule has 0 aliphatic heterocycles. The predicted molar refractivity (Wildman–Crippen MR) is 295 cm³/mol. The third-order valence-electron chi connectivity index (χ3n) is 13.8. The second kappa shape index (κ2) is 21.0. The van der Waals surface area contributed by atoms with E-state index in [1.165, 1.54) is 117 Å². The summed E-state index contributed by atoms with van der Waals surface area (Å²) in [4.78, 5) is 4.95. The molecule has 0 aliphatic carbocycles. The van der Waals surface area contributed by atoms with Crippen molar-refractivity contribution in [2.75, 3.05) is 9.80 Å². The summed E-state index contributed by atoms with van der Waals surface area (Å²) in [6.07, 6.45) is 12.3. The van der Waals surface area contributed by atoms with Crippen LogP contribution < -0.4 is 9.80 Å². The van der Waals surface area contributed by atoms with E-state index in [4.69, 9.17) is 0 Å². The molecule has 2 heteroatoms. The molecule has 0 radical (unpaired) electrons. The van der Waals surface area contributed by atoms with Crippen molar-refractivity contribution in [3.63, 3.8) is 0 Å². The summed E-state index contributed by atoms with van der Waals surface area (Å²) < 4.78 is 0. The van der Waals surface area contributed by atoms with Gasteiger partial charge in [-0.15, -0.1) is 0 Å². The van der Waals surface area contributed by atoms with Gasteiger partial charge in [-0.05, 0) is 141 Å². The molecule has 0 amide bonds. The standard InChI is InChI=1S/C66H62N2/c1-3-5-7-11-21-49-31-39-55(40-32-49)67(57-43-35-53(36-44-57)51-23-13-9-14-24-51)65-47-63-60-28-18-20-30-62(60)66(48-64(63)59-27-17-19-29-61(59)65)68(56-41-33-50(34-42-56)22-12-8-6-4-2)58-45-37-54(38-46-58)52-25-15-10-16-26-52/h9-10,13-20,23-48H,3-8,11-12,21-22H2,1-2H3. The number of benzene rings is 10. The van der Waals surface area contributed by atoms with E-state index in [0.717, 1.165) is 47.0 Å². The van der Waals surface area contributed by atoms with Crippen LogP contribution in [0.2, 0.25) is 0 Å². The van der Waals surface area contributed by atoms with Crippen LogP contribution in [0.25, 0.3) is 54.6 Å². The quantitative estimate of drug-likeness (QED) is 0.0626. The van der Waals surface area contributed by atoms with E-state index >= 15 is 0 Å². The predicted octanol–water partition coefficient (Wildman–Crippen LogP) is 19.7. The Balaban J connectivity index is 1.14. The first-order chi connectivity index (χ1) is 33.7. The molecular formula is C66H62N2. The van der Waals surface area contributed by atoms with Gasteiger partial charge in [-0.1, -0.05) is 210 Å². The van der Waals surface area contributed by atoms with Gasteiger partial charge in [0.25, 0.3) is 0 Å². The van der Waals surface area contributed by atoms with Crippen LogP contribution in [0, 0.1) is 0 Å². The summed E-state index contributed by atoms with van der Waals surface area (Å²) in [6.45, 7) is 4.56. The molecule has 0 saturated heterocycles. The number of hydrogen-bond donors (Lipinski definition) is 0. The van der Waals surface area contributed by atoms with Gasteiger partial charge in [0.15, 0.2) is 0 Å². The monoisotopic (exact) mass is 882 g/mol. The van der Waals surface area contributed by atoms with Crippen LogP contribution in [-0.4, -0.2) is 0 Å². The Labute approximate surface area is 404 Å². The fourth-order valence-electron chi connectivity index (χ4n) is 10.1. The average molecular weight is 883 g/mol. The maximum Gasteiger partial charge on any atom is 0.0546 e. The van der Waals surface area contributed by atoms with E-state index in [1.807, 2.05) is 0 Å². The van der Waals surface area contributed by atoms with Crippen LogP contribution in [0.1, 0.15) is 76.3 Å². The third-order valence-corrected chi connectivity index (χ3v) is 13.8. The molecule has 0 aliphatic rings. The minimum atomic E-state index is 1.11. The topological polar surface area (TPSA) is 6.48 Å². The Morgan fingerprint density at radius 2 is 0.574 bits per heavy atom. The van der Waals surface area contributed by atoms with Crippen molar-refractivity contribution in [2.24, 2.45) is 0 Å². The van der Waals surface area contributed by atoms with Crippen molar-refractivity contribution in [3.05, 3.63) is 230 Å². The van der Waals surface area contributed by atoms with Crippen molar-refractivity contribution in [1.82, 2.24) is 0 Å². The SMILES string of the molecule is CCCCCCc1ccc(N(c2ccc(-c3ccccc3)cc2)c2cc3c4ccccc4c(N(c4ccc(CCCCCC)cc4)c4ccc(-c5ccccc5)cc4)cc3c3ccccc23)cc1. The lowest BCUT2D eigenvalue weighted by Gasteiger charge is -2.30. The van der Waals surface area contributed by atoms with Gasteiger partial charge < -0.3 is 9.80 Å². The summed E-state index contributed by atoms with van der Waals surface area (Å²) >= 11 is 0. The van der Waals surface area contributed by atoms with E-state index in [2.05, 4.69) is 242 Å². The largest absolute Gasteiger partial charge is 0.310 e. The van der Waals surface area contributed by atoms with Crippen LogP contribution in [0.4, 0.5) is 34.1 Å². The zero-order valence-corrected chi connectivity index (χ0v) is 39.8. The highest BCUT2D eigenvalue weighted by Crippen LogP contribution is 2.48. The molecule has 0 saturated carbocycles. The molecule has 2 nitrogen and oxygen atoms in total. The highest BCUT2D eigenvalue weighted by atomic mass is 15.2. The van der Waals surface area contributed by atoms with Crippen molar-refractivity contribution >= 4 is 66.4 Å². The lowest BCUT2D eigenvalue weighted by molar-refractivity contribution is 0.667. The highest BCUT2D eigenvalue weighted by molar-refractivity contribution is 6.24. The van der Waals surface area contributed by atoms with E-state index in [1.54, 1.807) is 0 Å². The summed E-state index contributed by atoms with van der Waals surface area (Å²) in [7, 11) is 0. The van der Waals surface area contributed by atoms with Gasteiger partial charge in [-0.25, -0.2) is 0 Å². The zero-order chi connectivity index (χ0) is 46.1. The molecule has 10 aromatic rings. The first kappa shape index (κ1) is 44.4. The van der Waals surface area contributed by atoms with Crippen LogP contribution in [-0.2, 0) is 12.8 Å². The van der Waals surface area contributed by atoms with Crippen LogP contribution >= 0.6 is 0 Å². The van der Waals surface area contributed by atoms with Gasteiger partial charge in [0.2, 0.25) is 0 Å². The van der Waals surface area contributed by atoms with Crippen LogP contribution in [0.3, 0.4) is 0 Å². The van der Waals surface area contributed by atoms with E-state index in [-0.39, 0.29) is 0 Å². The van der Waals surface area contributed by atoms with E-state index in [0.29, 0.717) is 0 Å². The number of nitrogens with zero attached hydrogens (tertiary/aromatic N) is 2. The molecule has 336 valence electrons. The Kier molecular flexibility index (Phi) is 13.7. The second-order valence-corrected chi connectivity index (χ2v) is 18.4. The summed E-state index contributed by atoms with van der Waals surface area (Å²) in [5, 5.41) is 7.35. The van der Waals surface area contributed by atoms with Crippen molar-refractivity contribution < 1.29 is 0 Å². The molecule has 0 unspecified atom stereocenters. The molecule has 0 fully saturated rings. The van der Waals surface area contributed by atoms with E-state index in [9.17, 15) is 0 Å². The third kappa shape index (κ3) is 9.55. The minimum Gasteiger partial charge on any atom is -0.310 e. The number of aryl methyl sites for hydroxylation is 2. The lowest BCUT2D eigenvalue weighted by atomic mass is 9.93. The minimum absolute atomic E-state index is 1.11. The lowest BCUT2D eigenvalue weighted by Crippen LogP contribution is -2.12. The Hall–Kier alpha value is -7.42. The molecule has 0 atom stereocenters. The average Bonchev–Trinajstić information content (AvgIpc) is 3.41. The Bertz CT molecular complexity index is 2990. The summed E-state index contributed by atoms with van der Waals surface area (Å²) in [5.41, 5.74) is 14.5. The number of rotatable bonds is 18. The van der Waals surface area contributed by atoms with Gasteiger partial charge >= 0.3 is 0 Å². The molecule has 0 aromatic heterocycles. The molecule has 10 aromatic carbocycles. The van der Waals surface area contributed by atoms with Crippen molar-refractivity contribution in [1.29, 1.82) is 0 Å².